The van der Waals surface area contributed by atoms with Crippen LogP contribution in [0.3, 0.4) is 0 Å². The lowest BCUT2D eigenvalue weighted by Gasteiger charge is -2.12. The average molecular weight is 299 g/mol. The third-order valence-corrected chi connectivity index (χ3v) is 3.20. The van der Waals surface area contributed by atoms with Crippen LogP contribution in [0.15, 0.2) is 42.5 Å². The third kappa shape index (κ3) is 4.62. The molecule has 0 atom stereocenters. The van der Waals surface area contributed by atoms with Gasteiger partial charge in [-0.3, -0.25) is 0 Å². The van der Waals surface area contributed by atoms with Gasteiger partial charge in [0, 0.05) is 12.7 Å². The fourth-order valence-electron chi connectivity index (χ4n) is 2.17. The van der Waals surface area contributed by atoms with E-state index in [1.54, 1.807) is 7.05 Å². The zero-order chi connectivity index (χ0) is 16.5. The molecule has 1 N–H and O–H groups in total. The Labute approximate surface area is 133 Å². The molecule has 0 aliphatic heterocycles. The minimum absolute atomic E-state index is 0.290. The minimum Gasteiger partial charge on any atom is -0.457 e. The van der Waals surface area contributed by atoms with Crippen LogP contribution in [0.5, 0.6) is 0 Å². The van der Waals surface area contributed by atoms with Gasteiger partial charge in [0.15, 0.2) is 0 Å². The minimum atomic E-state index is -0.297. The highest BCUT2D eigenvalue weighted by molar-refractivity contribution is 5.97. The molecule has 3 nitrogen and oxygen atoms in total. The Morgan fingerprint density at radius 1 is 1.09 bits per heavy atom. The molecule has 0 aromatic heterocycles. The van der Waals surface area contributed by atoms with Gasteiger partial charge in [0.05, 0.1) is 5.56 Å². The largest absolute Gasteiger partial charge is 0.457 e. The first kappa shape index (κ1) is 17.8. The van der Waals surface area contributed by atoms with E-state index in [0.717, 1.165) is 22.4 Å². The number of ether oxygens (including phenoxy) is 1. The fraction of sp³-hybridized carbons (Fsp3) is 0.316. The number of hydrogen-bond acceptors (Lipinski definition) is 3. The van der Waals surface area contributed by atoms with Crippen LogP contribution in [0.2, 0.25) is 0 Å². The molecule has 0 aliphatic rings. The van der Waals surface area contributed by atoms with Crippen molar-refractivity contribution in [2.45, 2.75) is 34.3 Å². The Kier molecular flexibility index (Phi) is 7.17. The number of benzene rings is 2. The van der Waals surface area contributed by atoms with Crippen molar-refractivity contribution in [2.24, 2.45) is 0 Å². The molecule has 3 heteroatoms. The maximum atomic E-state index is 12.2. The first-order valence-corrected chi connectivity index (χ1v) is 7.62. The van der Waals surface area contributed by atoms with Crippen LogP contribution in [-0.4, -0.2) is 13.0 Å². The van der Waals surface area contributed by atoms with E-state index in [1.165, 1.54) is 0 Å². The first-order chi connectivity index (χ1) is 10.6. The molecule has 0 saturated heterocycles. The summed E-state index contributed by atoms with van der Waals surface area (Å²) in [6.45, 7) is 8.22. The zero-order valence-corrected chi connectivity index (χ0v) is 14.1. The quantitative estimate of drug-likeness (QED) is 0.830. The van der Waals surface area contributed by atoms with Crippen LogP contribution in [0, 0.1) is 13.8 Å². The van der Waals surface area contributed by atoms with Gasteiger partial charge < -0.3 is 10.1 Å². The highest BCUT2D eigenvalue weighted by atomic mass is 16.5. The summed E-state index contributed by atoms with van der Waals surface area (Å²) in [6, 6.07) is 13.6. The molecule has 22 heavy (non-hydrogen) atoms. The zero-order valence-electron chi connectivity index (χ0n) is 14.1. The normalized spacial score (nSPS) is 9.50. The smallest absolute Gasteiger partial charge is 0.340 e. The predicted molar refractivity (Wildman–Crippen MR) is 92.4 cm³/mol. The number of carbonyl (C=O) groups is 1. The van der Waals surface area contributed by atoms with Gasteiger partial charge in [-0.2, -0.15) is 0 Å². The Hall–Kier alpha value is -2.29. The summed E-state index contributed by atoms with van der Waals surface area (Å²) in [6.07, 6.45) is 0. The van der Waals surface area contributed by atoms with Crippen molar-refractivity contribution in [2.75, 3.05) is 12.4 Å². The van der Waals surface area contributed by atoms with Crippen LogP contribution in [0.25, 0.3) is 0 Å². The first-order valence-electron chi connectivity index (χ1n) is 7.62. The van der Waals surface area contributed by atoms with E-state index in [4.69, 9.17) is 4.74 Å². The molecule has 2 aromatic rings. The van der Waals surface area contributed by atoms with Crippen LogP contribution in [0.4, 0.5) is 5.69 Å². The number of carbonyl (C=O) groups excluding carboxylic acids is 1. The summed E-state index contributed by atoms with van der Waals surface area (Å²) in [4.78, 5) is 12.2. The van der Waals surface area contributed by atoms with Crippen LogP contribution >= 0.6 is 0 Å². The van der Waals surface area contributed by atoms with Gasteiger partial charge in [-0.25, -0.2) is 4.79 Å². The van der Waals surface area contributed by atoms with Gasteiger partial charge in [0.2, 0.25) is 0 Å². The standard InChI is InChI=1S/C17H19NO2.C2H6/c1-12-6-4-8-14(10-12)11-20-17(19)16-13(2)7-5-9-15(16)18-3;1-2/h4-10,18H,11H2,1-3H3;1-2H3. The summed E-state index contributed by atoms with van der Waals surface area (Å²) in [5.41, 5.74) is 4.45. The van der Waals surface area contributed by atoms with Crippen molar-refractivity contribution in [3.63, 3.8) is 0 Å². The Morgan fingerprint density at radius 2 is 1.77 bits per heavy atom. The number of aryl methyl sites for hydroxylation is 2. The molecule has 0 unspecified atom stereocenters. The van der Waals surface area contributed by atoms with E-state index in [0.29, 0.717) is 5.56 Å². The Bertz CT molecular complexity index is 621. The molecule has 0 aliphatic carbocycles. The molecule has 0 saturated carbocycles. The lowest BCUT2D eigenvalue weighted by Crippen LogP contribution is -2.10. The van der Waals surface area contributed by atoms with Gasteiger partial charge in [-0.1, -0.05) is 55.8 Å². The number of anilines is 1. The monoisotopic (exact) mass is 299 g/mol. The second kappa shape index (κ2) is 8.88. The van der Waals surface area contributed by atoms with Gasteiger partial charge in [-0.15, -0.1) is 0 Å². The topological polar surface area (TPSA) is 38.3 Å². The van der Waals surface area contributed by atoms with Crippen molar-refractivity contribution in [1.29, 1.82) is 0 Å². The van der Waals surface area contributed by atoms with E-state index in [1.807, 2.05) is 70.2 Å². The number of nitrogens with one attached hydrogen (secondary N) is 1. The van der Waals surface area contributed by atoms with Gasteiger partial charge >= 0.3 is 5.97 Å². The second-order valence-electron chi connectivity index (χ2n) is 4.81. The summed E-state index contributed by atoms with van der Waals surface area (Å²) < 4.78 is 5.41. The molecular formula is C19H25NO2. The highest BCUT2D eigenvalue weighted by Crippen LogP contribution is 2.20. The second-order valence-corrected chi connectivity index (χ2v) is 4.81. The molecule has 2 rings (SSSR count). The molecule has 0 spiro atoms. The molecule has 118 valence electrons. The third-order valence-electron chi connectivity index (χ3n) is 3.20. The Morgan fingerprint density at radius 3 is 2.41 bits per heavy atom. The van der Waals surface area contributed by atoms with E-state index < -0.39 is 0 Å². The van der Waals surface area contributed by atoms with Crippen LogP contribution in [-0.2, 0) is 11.3 Å². The molecule has 0 amide bonds. The summed E-state index contributed by atoms with van der Waals surface area (Å²) in [5, 5.41) is 3.02. The highest BCUT2D eigenvalue weighted by Gasteiger charge is 2.15. The van der Waals surface area contributed by atoms with Crippen molar-refractivity contribution >= 4 is 11.7 Å². The van der Waals surface area contributed by atoms with Crippen molar-refractivity contribution < 1.29 is 9.53 Å². The van der Waals surface area contributed by atoms with Gasteiger partial charge in [-0.05, 0) is 31.0 Å². The van der Waals surface area contributed by atoms with E-state index in [2.05, 4.69) is 5.32 Å². The lowest BCUT2D eigenvalue weighted by atomic mass is 10.1. The summed E-state index contributed by atoms with van der Waals surface area (Å²) >= 11 is 0. The molecule has 0 bridgehead atoms. The number of rotatable bonds is 4. The van der Waals surface area contributed by atoms with E-state index >= 15 is 0 Å². The SMILES string of the molecule is CC.CNc1cccc(C)c1C(=O)OCc1cccc(C)c1. The number of esters is 1. The van der Waals surface area contributed by atoms with Crippen molar-refractivity contribution in [3.8, 4) is 0 Å². The molecular weight excluding hydrogens is 274 g/mol. The molecule has 0 heterocycles. The van der Waals surface area contributed by atoms with Gasteiger partial charge in [0.25, 0.3) is 0 Å². The van der Waals surface area contributed by atoms with Crippen molar-refractivity contribution in [3.05, 3.63) is 64.7 Å². The van der Waals surface area contributed by atoms with E-state index in [9.17, 15) is 4.79 Å². The van der Waals surface area contributed by atoms with E-state index in [-0.39, 0.29) is 12.6 Å². The molecule has 0 radical (unpaired) electrons. The van der Waals surface area contributed by atoms with Crippen LogP contribution in [0.1, 0.15) is 40.9 Å². The van der Waals surface area contributed by atoms with Crippen LogP contribution < -0.4 is 5.32 Å². The van der Waals surface area contributed by atoms with Crippen molar-refractivity contribution in [1.82, 2.24) is 0 Å². The fourth-order valence-corrected chi connectivity index (χ4v) is 2.17. The summed E-state index contributed by atoms with van der Waals surface area (Å²) in [7, 11) is 1.80. The lowest BCUT2D eigenvalue weighted by molar-refractivity contribution is 0.0473. The predicted octanol–water partition coefficient (Wildman–Crippen LogP) is 4.73. The summed E-state index contributed by atoms with van der Waals surface area (Å²) in [5.74, 6) is -0.297. The number of hydrogen-bond donors (Lipinski definition) is 1. The maximum Gasteiger partial charge on any atom is 0.340 e. The molecule has 2 aromatic carbocycles. The molecule has 0 fully saturated rings. The maximum absolute atomic E-state index is 12.2. The van der Waals surface area contributed by atoms with Gasteiger partial charge in [0.1, 0.15) is 6.61 Å². The average Bonchev–Trinajstić information content (AvgIpc) is 2.54. The Balaban J connectivity index is 0.00000116.